The lowest BCUT2D eigenvalue weighted by atomic mass is 9.88. The lowest BCUT2D eigenvalue weighted by Gasteiger charge is -2.38. The van der Waals surface area contributed by atoms with Crippen molar-refractivity contribution in [3.05, 3.63) is 58.9 Å². The molecule has 2 aliphatic rings. The van der Waals surface area contributed by atoms with Crippen LogP contribution in [-0.2, 0) is 11.2 Å². The van der Waals surface area contributed by atoms with Crippen LogP contribution in [0.5, 0.6) is 11.5 Å². The van der Waals surface area contributed by atoms with Crippen molar-refractivity contribution in [2.24, 2.45) is 0 Å². The van der Waals surface area contributed by atoms with Gasteiger partial charge in [0.1, 0.15) is 11.9 Å². The number of amides is 3. The number of hydrogen-bond donors (Lipinski definition) is 2. The minimum absolute atomic E-state index is 0.178. The van der Waals surface area contributed by atoms with E-state index in [1.54, 1.807) is 38.2 Å². The van der Waals surface area contributed by atoms with Crippen molar-refractivity contribution in [1.29, 1.82) is 0 Å². The van der Waals surface area contributed by atoms with Crippen molar-refractivity contribution in [1.82, 2.24) is 15.5 Å². The van der Waals surface area contributed by atoms with Crippen molar-refractivity contribution in [2.75, 3.05) is 20.8 Å². The zero-order valence-electron chi connectivity index (χ0n) is 19.9. The van der Waals surface area contributed by atoms with Gasteiger partial charge in [-0.1, -0.05) is 25.0 Å². The summed E-state index contributed by atoms with van der Waals surface area (Å²) in [4.78, 5) is 27.7. The number of methoxy groups -OCH3 is 2. The van der Waals surface area contributed by atoms with Gasteiger partial charge in [-0.05, 0) is 67.1 Å². The molecule has 7 nitrogen and oxygen atoms in total. The third-order valence-corrected chi connectivity index (χ3v) is 6.76. The maximum Gasteiger partial charge on any atom is 0.318 e. The monoisotopic (exact) mass is 469 g/mol. The van der Waals surface area contributed by atoms with Gasteiger partial charge in [-0.3, -0.25) is 4.79 Å². The Labute approximate surface area is 199 Å². The summed E-state index contributed by atoms with van der Waals surface area (Å²) in [6.45, 7) is 2.13. The highest BCUT2D eigenvalue weighted by Gasteiger charge is 2.34. The lowest BCUT2D eigenvalue weighted by molar-refractivity contribution is -0.123. The first-order valence-electron chi connectivity index (χ1n) is 11.8. The first-order valence-corrected chi connectivity index (χ1v) is 11.8. The Kier molecular flexibility index (Phi) is 7.24. The number of halogens is 1. The van der Waals surface area contributed by atoms with Crippen molar-refractivity contribution >= 4 is 11.9 Å². The van der Waals surface area contributed by atoms with E-state index in [0.29, 0.717) is 24.5 Å². The summed E-state index contributed by atoms with van der Waals surface area (Å²) >= 11 is 0. The number of fused-ring (bicyclic) bond motifs is 1. The van der Waals surface area contributed by atoms with Crippen LogP contribution >= 0.6 is 0 Å². The van der Waals surface area contributed by atoms with Crippen molar-refractivity contribution in [2.45, 2.75) is 57.2 Å². The van der Waals surface area contributed by atoms with Gasteiger partial charge in [0.2, 0.25) is 5.91 Å². The molecule has 34 heavy (non-hydrogen) atoms. The second-order valence-electron chi connectivity index (χ2n) is 8.96. The van der Waals surface area contributed by atoms with Gasteiger partial charge in [0.15, 0.2) is 11.5 Å². The smallest absolute Gasteiger partial charge is 0.318 e. The van der Waals surface area contributed by atoms with Gasteiger partial charge >= 0.3 is 6.03 Å². The molecule has 0 bridgehead atoms. The van der Waals surface area contributed by atoms with Crippen molar-refractivity contribution < 1.29 is 23.5 Å². The lowest BCUT2D eigenvalue weighted by Crippen LogP contribution is -2.53. The van der Waals surface area contributed by atoms with E-state index < -0.39 is 12.1 Å². The Morgan fingerprint density at radius 1 is 1.06 bits per heavy atom. The second kappa shape index (κ2) is 10.3. The maximum absolute atomic E-state index is 13.7. The van der Waals surface area contributed by atoms with Gasteiger partial charge in [0.05, 0.1) is 20.3 Å². The van der Waals surface area contributed by atoms with E-state index >= 15 is 0 Å². The van der Waals surface area contributed by atoms with Gasteiger partial charge < -0.3 is 25.0 Å². The molecule has 1 aliphatic heterocycles. The summed E-state index contributed by atoms with van der Waals surface area (Å²) in [5, 5.41) is 5.90. The summed E-state index contributed by atoms with van der Waals surface area (Å²) in [6.07, 6.45) is 4.81. The van der Waals surface area contributed by atoms with Gasteiger partial charge in [-0.25, -0.2) is 9.18 Å². The highest BCUT2D eigenvalue weighted by molar-refractivity contribution is 5.87. The third-order valence-electron chi connectivity index (χ3n) is 6.76. The normalized spacial score (nSPS) is 18.7. The number of ether oxygens (including phenoxy) is 2. The van der Waals surface area contributed by atoms with Crippen molar-refractivity contribution in [3.8, 4) is 11.5 Å². The molecule has 0 unspecified atom stereocenters. The molecule has 0 spiro atoms. The van der Waals surface area contributed by atoms with Crippen LogP contribution in [0.1, 0.15) is 55.3 Å². The van der Waals surface area contributed by atoms with E-state index in [9.17, 15) is 14.0 Å². The largest absolute Gasteiger partial charge is 0.493 e. The molecule has 3 amide bonds. The van der Waals surface area contributed by atoms with Crippen LogP contribution in [0.2, 0.25) is 0 Å². The maximum atomic E-state index is 13.7. The van der Waals surface area contributed by atoms with E-state index in [4.69, 9.17) is 9.47 Å². The van der Waals surface area contributed by atoms with Crippen LogP contribution in [0.4, 0.5) is 9.18 Å². The van der Waals surface area contributed by atoms with Crippen LogP contribution in [0.3, 0.4) is 0 Å². The molecule has 1 fully saturated rings. The van der Waals surface area contributed by atoms with E-state index in [2.05, 4.69) is 10.6 Å². The summed E-state index contributed by atoms with van der Waals surface area (Å²) in [7, 11) is 3.15. The Hall–Kier alpha value is -3.29. The molecular weight excluding hydrogens is 437 g/mol. The highest BCUT2D eigenvalue weighted by atomic mass is 19.1. The molecule has 2 aromatic rings. The molecule has 0 radical (unpaired) electrons. The standard InChI is InChI=1S/C26H32FN3O4/c1-16(25(31)29-20-6-4-5-7-20)28-26(32)30-13-12-18-14-22(33-2)23(34-3)15-21(18)24(30)17-8-10-19(27)11-9-17/h8-11,14-16,20,24H,4-7,12-13H2,1-3H3,(H,28,32)(H,29,31)/t16-,24-/m1/s1. The van der Waals surface area contributed by atoms with Gasteiger partial charge in [-0.15, -0.1) is 0 Å². The summed E-state index contributed by atoms with van der Waals surface area (Å²) in [6, 6.07) is 8.64. The highest BCUT2D eigenvalue weighted by Crippen LogP contribution is 2.41. The molecule has 2 atom stereocenters. The quantitative estimate of drug-likeness (QED) is 0.672. The number of carbonyl (C=O) groups is 2. The SMILES string of the molecule is COc1cc2c(cc1OC)[C@@H](c1ccc(F)cc1)N(C(=O)N[C@H](C)C(=O)NC1CCCC1)CC2. The number of benzene rings is 2. The Balaban J connectivity index is 1.61. The zero-order valence-corrected chi connectivity index (χ0v) is 19.9. The van der Waals surface area contributed by atoms with E-state index in [0.717, 1.165) is 42.4 Å². The Morgan fingerprint density at radius 2 is 1.71 bits per heavy atom. The number of nitrogens with one attached hydrogen (secondary N) is 2. The molecule has 2 N–H and O–H groups in total. The fraction of sp³-hybridized carbons (Fsp3) is 0.462. The molecule has 1 heterocycles. The number of carbonyl (C=O) groups excluding carboxylic acids is 2. The Morgan fingerprint density at radius 3 is 2.35 bits per heavy atom. The average molecular weight is 470 g/mol. The summed E-state index contributed by atoms with van der Waals surface area (Å²) in [5.74, 6) is 0.650. The van der Waals surface area contributed by atoms with Gasteiger partial charge in [0, 0.05) is 12.6 Å². The minimum atomic E-state index is -0.672. The summed E-state index contributed by atoms with van der Waals surface area (Å²) < 4.78 is 24.6. The molecular formula is C26H32FN3O4. The van der Waals surface area contributed by atoms with E-state index in [1.165, 1.54) is 12.1 Å². The minimum Gasteiger partial charge on any atom is -0.493 e. The van der Waals surface area contributed by atoms with E-state index in [-0.39, 0.29) is 23.8 Å². The number of nitrogens with zero attached hydrogens (tertiary/aromatic N) is 1. The summed E-state index contributed by atoms with van der Waals surface area (Å²) in [5.41, 5.74) is 2.68. The molecule has 0 aromatic heterocycles. The first kappa shape index (κ1) is 23.9. The predicted molar refractivity (Wildman–Crippen MR) is 127 cm³/mol. The Bertz CT molecular complexity index is 1040. The molecule has 8 heteroatoms. The van der Waals surface area contributed by atoms with Crippen molar-refractivity contribution in [3.63, 3.8) is 0 Å². The fourth-order valence-electron chi connectivity index (χ4n) is 4.90. The molecule has 1 aliphatic carbocycles. The molecule has 182 valence electrons. The molecule has 2 aromatic carbocycles. The molecule has 1 saturated carbocycles. The topological polar surface area (TPSA) is 79.9 Å². The average Bonchev–Trinajstić information content (AvgIpc) is 3.35. The molecule has 0 saturated heterocycles. The van der Waals surface area contributed by atoms with Gasteiger partial charge in [-0.2, -0.15) is 0 Å². The van der Waals surface area contributed by atoms with Crippen LogP contribution < -0.4 is 20.1 Å². The van der Waals surface area contributed by atoms with Crippen LogP contribution in [-0.4, -0.2) is 49.7 Å². The first-order chi connectivity index (χ1) is 16.4. The third kappa shape index (κ3) is 4.95. The molecule has 4 rings (SSSR count). The van der Waals surface area contributed by atoms with Crippen LogP contribution in [0.15, 0.2) is 36.4 Å². The van der Waals surface area contributed by atoms with Crippen LogP contribution in [0, 0.1) is 5.82 Å². The number of hydrogen-bond acceptors (Lipinski definition) is 4. The predicted octanol–water partition coefficient (Wildman–Crippen LogP) is 3.95. The van der Waals surface area contributed by atoms with E-state index in [1.807, 2.05) is 12.1 Å². The second-order valence-corrected chi connectivity index (χ2v) is 8.96. The zero-order chi connectivity index (χ0) is 24.2. The van der Waals surface area contributed by atoms with Crippen LogP contribution in [0.25, 0.3) is 0 Å². The van der Waals surface area contributed by atoms with Gasteiger partial charge in [0.25, 0.3) is 0 Å². The number of urea groups is 1. The fourth-order valence-corrected chi connectivity index (χ4v) is 4.90. The number of rotatable bonds is 6.